The first kappa shape index (κ1) is 11.7. The number of para-hydroxylation sites is 2. The van der Waals surface area contributed by atoms with Gasteiger partial charge in [0.05, 0.1) is 23.9 Å². The molecule has 0 bridgehead atoms. The number of imidazole rings is 1. The van der Waals surface area contributed by atoms with Gasteiger partial charge in [0.25, 0.3) is 0 Å². The molecule has 0 aliphatic heterocycles. The van der Waals surface area contributed by atoms with E-state index in [0.29, 0.717) is 0 Å². The van der Waals surface area contributed by atoms with Crippen molar-refractivity contribution >= 4 is 32.5 Å². The minimum Gasteiger partial charge on any atom is -0.326 e. The first-order valence-corrected chi connectivity index (χ1v) is 7.56. The lowest BCUT2D eigenvalue weighted by molar-refractivity contribution is 0.832. The summed E-state index contributed by atoms with van der Waals surface area (Å²) in [5, 5.41) is 3.67. The molecular formula is C17H14N2S. The molecule has 4 aromatic rings. The van der Waals surface area contributed by atoms with Crippen molar-refractivity contribution < 1.29 is 0 Å². The van der Waals surface area contributed by atoms with Crippen LogP contribution in [0.3, 0.4) is 0 Å². The van der Waals surface area contributed by atoms with Gasteiger partial charge in [-0.3, -0.25) is 0 Å². The Kier molecular flexibility index (Phi) is 2.60. The van der Waals surface area contributed by atoms with Crippen LogP contribution in [0.25, 0.3) is 21.1 Å². The molecule has 0 saturated carbocycles. The van der Waals surface area contributed by atoms with Crippen LogP contribution in [-0.2, 0) is 6.54 Å². The normalized spacial score (nSPS) is 11.4. The number of thiophene rings is 1. The molecule has 0 amide bonds. The molecule has 0 aliphatic rings. The molecule has 4 rings (SSSR count). The van der Waals surface area contributed by atoms with Gasteiger partial charge in [-0.05, 0) is 41.6 Å². The van der Waals surface area contributed by atoms with Gasteiger partial charge >= 0.3 is 0 Å². The molecule has 3 heteroatoms. The lowest BCUT2D eigenvalue weighted by Gasteiger charge is -2.05. The van der Waals surface area contributed by atoms with Crippen LogP contribution in [0.15, 0.2) is 54.2 Å². The summed E-state index contributed by atoms with van der Waals surface area (Å²) in [5.74, 6) is 0. The molecule has 0 radical (unpaired) electrons. The molecule has 0 atom stereocenters. The Bertz CT molecular complexity index is 902. The third-order valence-electron chi connectivity index (χ3n) is 3.75. The molecule has 0 fully saturated rings. The quantitative estimate of drug-likeness (QED) is 0.523. The highest BCUT2D eigenvalue weighted by Crippen LogP contribution is 2.29. The largest absolute Gasteiger partial charge is 0.326 e. The lowest BCUT2D eigenvalue weighted by Crippen LogP contribution is -1.97. The number of fused-ring (bicyclic) bond motifs is 2. The van der Waals surface area contributed by atoms with Crippen molar-refractivity contribution in [1.29, 1.82) is 0 Å². The summed E-state index contributed by atoms with van der Waals surface area (Å²) in [6.45, 7) is 3.07. The zero-order chi connectivity index (χ0) is 13.5. The number of nitrogens with zero attached hydrogens (tertiary/aromatic N) is 2. The maximum Gasteiger partial charge on any atom is 0.0961 e. The van der Waals surface area contributed by atoms with Crippen molar-refractivity contribution in [2.75, 3.05) is 0 Å². The lowest BCUT2D eigenvalue weighted by atomic mass is 10.1. The fourth-order valence-electron chi connectivity index (χ4n) is 2.78. The van der Waals surface area contributed by atoms with Gasteiger partial charge in [0.1, 0.15) is 0 Å². The second kappa shape index (κ2) is 4.46. The molecule has 2 heterocycles. The molecule has 20 heavy (non-hydrogen) atoms. The number of benzene rings is 2. The van der Waals surface area contributed by atoms with E-state index in [1.165, 1.54) is 26.7 Å². The topological polar surface area (TPSA) is 17.8 Å². The Morgan fingerprint density at radius 3 is 2.95 bits per heavy atom. The minimum absolute atomic E-state index is 0.880. The first-order valence-electron chi connectivity index (χ1n) is 6.68. The summed E-state index contributed by atoms with van der Waals surface area (Å²) in [6.07, 6.45) is 1.94. The van der Waals surface area contributed by atoms with Gasteiger partial charge in [-0.1, -0.05) is 24.3 Å². The second-order valence-corrected chi connectivity index (χ2v) is 5.98. The van der Waals surface area contributed by atoms with Crippen LogP contribution in [0.2, 0.25) is 0 Å². The number of hydrogen-bond acceptors (Lipinski definition) is 2. The summed E-state index contributed by atoms with van der Waals surface area (Å²) < 4.78 is 3.59. The predicted octanol–water partition coefficient (Wildman–Crippen LogP) is 4.61. The Labute approximate surface area is 121 Å². The van der Waals surface area contributed by atoms with E-state index in [1.54, 1.807) is 0 Å². The smallest absolute Gasteiger partial charge is 0.0961 e. The number of rotatable bonds is 2. The van der Waals surface area contributed by atoms with Gasteiger partial charge < -0.3 is 4.57 Å². The van der Waals surface area contributed by atoms with Crippen molar-refractivity contribution in [3.8, 4) is 0 Å². The SMILES string of the molecule is Cc1cccc2scc(Cn3cnc4ccccc43)c12. The number of aryl methyl sites for hydroxylation is 1. The third-order valence-corrected chi connectivity index (χ3v) is 4.75. The number of hydrogen-bond donors (Lipinski definition) is 0. The Hall–Kier alpha value is -2.13. The Morgan fingerprint density at radius 1 is 1.10 bits per heavy atom. The molecule has 2 nitrogen and oxygen atoms in total. The molecule has 98 valence electrons. The van der Waals surface area contributed by atoms with Crippen molar-refractivity contribution in [3.63, 3.8) is 0 Å². The monoisotopic (exact) mass is 278 g/mol. The average Bonchev–Trinajstić information content (AvgIpc) is 3.06. The summed E-state index contributed by atoms with van der Waals surface area (Å²) in [4.78, 5) is 4.47. The standard InChI is InChI=1S/C17H14N2S/c1-12-5-4-8-16-17(12)13(10-20-16)9-19-11-18-14-6-2-3-7-15(14)19/h2-8,10-11H,9H2,1H3. The minimum atomic E-state index is 0.880. The fourth-order valence-corrected chi connectivity index (χ4v) is 3.81. The molecule has 0 N–H and O–H groups in total. The molecule has 0 saturated heterocycles. The maximum atomic E-state index is 4.47. The summed E-state index contributed by atoms with van der Waals surface area (Å²) in [5.41, 5.74) is 4.98. The fraction of sp³-hybridized carbons (Fsp3) is 0.118. The van der Waals surface area contributed by atoms with E-state index in [2.05, 4.69) is 58.3 Å². The van der Waals surface area contributed by atoms with Gasteiger partial charge in [0.15, 0.2) is 0 Å². The van der Waals surface area contributed by atoms with E-state index in [-0.39, 0.29) is 0 Å². The van der Waals surface area contributed by atoms with E-state index in [0.717, 1.165) is 12.1 Å². The van der Waals surface area contributed by atoms with E-state index in [1.807, 2.05) is 23.7 Å². The molecule has 0 unspecified atom stereocenters. The predicted molar refractivity (Wildman–Crippen MR) is 85.4 cm³/mol. The summed E-state index contributed by atoms with van der Waals surface area (Å²) >= 11 is 1.82. The van der Waals surface area contributed by atoms with E-state index >= 15 is 0 Å². The second-order valence-electron chi connectivity index (χ2n) is 5.07. The Morgan fingerprint density at radius 2 is 2.00 bits per heavy atom. The van der Waals surface area contributed by atoms with Crippen molar-refractivity contribution in [1.82, 2.24) is 9.55 Å². The van der Waals surface area contributed by atoms with Crippen LogP contribution in [-0.4, -0.2) is 9.55 Å². The zero-order valence-corrected chi connectivity index (χ0v) is 12.0. The van der Waals surface area contributed by atoms with Gasteiger partial charge in [-0.25, -0.2) is 4.98 Å². The van der Waals surface area contributed by atoms with Crippen molar-refractivity contribution in [3.05, 3.63) is 65.3 Å². The van der Waals surface area contributed by atoms with Gasteiger partial charge in [0, 0.05) is 10.1 Å². The summed E-state index contributed by atoms with van der Waals surface area (Å²) in [7, 11) is 0. The van der Waals surface area contributed by atoms with E-state index in [4.69, 9.17) is 0 Å². The number of aromatic nitrogens is 2. The van der Waals surface area contributed by atoms with Gasteiger partial charge in [-0.15, -0.1) is 11.3 Å². The molecule has 2 aromatic carbocycles. The summed E-state index contributed by atoms with van der Waals surface area (Å²) in [6, 6.07) is 14.8. The Balaban J connectivity index is 1.85. The van der Waals surface area contributed by atoms with Crippen LogP contribution in [0.4, 0.5) is 0 Å². The van der Waals surface area contributed by atoms with E-state index < -0.39 is 0 Å². The van der Waals surface area contributed by atoms with Gasteiger partial charge in [0.2, 0.25) is 0 Å². The van der Waals surface area contributed by atoms with Gasteiger partial charge in [-0.2, -0.15) is 0 Å². The highest BCUT2D eigenvalue weighted by molar-refractivity contribution is 7.17. The molecule has 0 spiro atoms. The van der Waals surface area contributed by atoms with Crippen LogP contribution in [0.1, 0.15) is 11.1 Å². The van der Waals surface area contributed by atoms with Crippen molar-refractivity contribution in [2.45, 2.75) is 13.5 Å². The van der Waals surface area contributed by atoms with Crippen LogP contribution >= 0.6 is 11.3 Å². The highest BCUT2D eigenvalue weighted by Gasteiger charge is 2.08. The molecule has 2 aromatic heterocycles. The maximum absolute atomic E-state index is 4.47. The third kappa shape index (κ3) is 1.74. The highest BCUT2D eigenvalue weighted by atomic mass is 32.1. The van der Waals surface area contributed by atoms with Crippen LogP contribution in [0, 0.1) is 6.92 Å². The van der Waals surface area contributed by atoms with Crippen LogP contribution < -0.4 is 0 Å². The van der Waals surface area contributed by atoms with Crippen molar-refractivity contribution in [2.24, 2.45) is 0 Å². The molecular weight excluding hydrogens is 264 g/mol. The molecule has 0 aliphatic carbocycles. The first-order chi connectivity index (χ1) is 9.83. The zero-order valence-electron chi connectivity index (χ0n) is 11.2. The van der Waals surface area contributed by atoms with Crippen LogP contribution in [0.5, 0.6) is 0 Å². The van der Waals surface area contributed by atoms with E-state index in [9.17, 15) is 0 Å². The average molecular weight is 278 g/mol.